The Balaban J connectivity index is 2.31. The average molecular weight is 517 g/mol. The second-order valence-electron chi connectivity index (χ2n) is 13.1. The number of carbonyl (C=O) groups is 2. The van der Waals surface area contributed by atoms with Crippen LogP contribution in [0, 0.1) is 11.3 Å². The standard InChI is InChI=1S/C30H48O5Si/c1-21(2)24-16-17-30(27(32)33-9,19-26(31)35-28(3,4)5)18-25(24)23-14-12-22(13-15-23)20-34-36(10,11)29(6,7)8/h12-15,24-25H,1,16-20H2,2-11H3/t24-,25-,30-/m0/s1. The van der Waals surface area contributed by atoms with Gasteiger partial charge in [-0.2, -0.15) is 0 Å². The first-order valence-electron chi connectivity index (χ1n) is 13.1. The molecule has 2 rings (SSSR count). The third kappa shape index (κ3) is 7.55. The number of esters is 2. The molecule has 0 N–H and O–H groups in total. The van der Waals surface area contributed by atoms with Gasteiger partial charge in [-0.3, -0.25) is 9.59 Å². The molecule has 1 fully saturated rings. The number of hydrogen-bond acceptors (Lipinski definition) is 5. The van der Waals surface area contributed by atoms with Crippen molar-refractivity contribution in [3.05, 3.63) is 47.5 Å². The summed E-state index contributed by atoms with van der Waals surface area (Å²) < 4.78 is 17.2. The highest BCUT2D eigenvalue weighted by Gasteiger charge is 2.49. The van der Waals surface area contributed by atoms with Crippen molar-refractivity contribution in [3.63, 3.8) is 0 Å². The van der Waals surface area contributed by atoms with Crippen LogP contribution in [0.2, 0.25) is 18.1 Å². The molecule has 1 aliphatic rings. The lowest BCUT2D eigenvalue weighted by Gasteiger charge is -2.43. The maximum absolute atomic E-state index is 13.1. The molecule has 0 unspecified atom stereocenters. The highest BCUT2D eigenvalue weighted by Crippen LogP contribution is 2.51. The molecule has 1 aromatic rings. The summed E-state index contributed by atoms with van der Waals surface area (Å²) in [4.78, 5) is 25.9. The van der Waals surface area contributed by atoms with E-state index in [1.54, 1.807) is 0 Å². The Labute approximate surface area is 220 Å². The highest BCUT2D eigenvalue weighted by atomic mass is 28.4. The van der Waals surface area contributed by atoms with Crippen molar-refractivity contribution < 1.29 is 23.5 Å². The molecule has 0 aromatic heterocycles. The summed E-state index contributed by atoms with van der Waals surface area (Å²) in [6.45, 7) is 23.7. The van der Waals surface area contributed by atoms with Gasteiger partial charge in [0.15, 0.2) is 8.32 Å². The van der Waals surface area contributed by atoms with Gasteiger partial charge in [0, 0.05) is 0 Å². The normalized spacial score (nSPS) is 23.2. The van der Waals surface area contributed by atoms with E-state index < -0.39 is 19.3 Å². The van der Waals surface area contributed by atoms with E-state index >= 15 is 0 Å². The fourth-order valence-electron chi connectivity index (χ4n) is 4.87. The van der Waals surface area contributed by atoms with Gasteiger partial charge in [0.2, 0.25) is 0 Å². The van der Waals surface area contributed by atoms with Crippen LogP contribution in [0.25, 0.3) is 0 Å². The fourth-order valence-corrected chi connectivity index (χ4v) is 5.83. The van der Waals surface area contributed by atoms with Crippen LogP contribution in [0.1, 0.15) is 91.2 Å². The molecule has 0 saturated heterocycles. The second-order valence-corrected chi connectivity index (χ2v) is 17.9. The maximum Gasteiger partial charge on any atom is 0.312 e. The van der Waals surface area contributed by atoms with Crippen molar-refractivity contribution in [2.24, 2.45) is 11.3 Å². The molecule has 36 heavy (non-hydrogen) atoms. The zero-order valence-electron chi connectivity index (χ0n) is 24.2. The molecule has 0 bridgehead atoms. The fraction of sp³-hybridized carbons (Fsp3) is 0.667. The minimum Gasteiger partial charge on any atom is -0.469 e. The SMILES string of the molecule is C=C(C)[C@@H]1CC[C@](CC(=O)OC(C)(C)C)(C(=O)OC)C[C@H]1c1ccc(CO[Si](C)(C)C(C)(C)C)cc1. The molecule has 202 valence electrons. The van der Waals surface area contributed by atoms with E-state index in [4.69, 9.17) is 13.9 Å². The van der Waals surface area contributed by atoms with Crippen molar-refractivity contribution >= 4 is 20.3 Å². The molecule has 0 spiro atoms. The van der Waals surface area contributed by atoms with E-state index in [-0.39, 0.29) is 35.2 Å². The van der Waals surface area contributed by atoms with Crippen LogP contribution in [0.5, 0.6) is 0 Å². The van der Waals surface area contributed by atoms with E-state index in [9.17, 15) is 9.59 Å². The summed E-state index contributed by atoms with van der Waals surface area (Å²) in [5.41, 5.74) is 1.87. The maximum atomic E-state index is 13.1. The summed E-state index contributed by atoms with van der Waals surface area (Å²) in [5, 5.41) is 0.162. The molecule has 5 nitrogen and oxygen atoms in total. The van der Waals surface area contributed by atoms with Crippen molar-refractivity contribution in [2.75, 3.05) is 7.11 Å². The van der Waals surface area contributed by atoms with Crippen LogP contribution in [0.3, 0.4) is 0 Å². The van der Waals surface area contributed by atoms with E-state index in [2.05, 4.69) is 71.6 Å². The Morgan fingerprint density at radius 2 is 1.67 bits per heavy atom. The molecule has 3 atom stereocenters. The number of ether oxygens (including phenoxy) is 2. The van der Waals surface area contributed by atoms with Crippen molar-refractivity contribution in [3.8, 4) is 0 Å². The summed E-state index contributed by atoms with van der Waals surface area (Å²) in [5.74, 6) is -0.402. The van der Waals surface area contributed by atoms with Crippen molar-refractivity contribution in [2.45, 2.75) is 110 Å². The van der Waals surface area contributed by atoms with Crippen LogP contribution in [0.4, 0.5) is 0 Å². The van der Waals surface area contributed by atoms with E-state index in [0.717, 1.165) is 23.1 Å². The lowest BCUT2D eigenvalue weighted by Crippen LogP contribution is -2.42. The molecule has 6 heteroatoms. The minimum atomic E-state index is -1.84. The number of carbonyl (C=O) groups excluding carboxylic acids is 2. The highest BCUT2D eigenvalue weighted by molar-refractivity contribution is 6.74. The Morgan fingerprint density at radius 3 is 2.14 bits per heavy atom. The summed E-state index contributed by atoms with van der Waals surface area (Å²) >= 11 is 0. The summed E-state index contributed by atoms with van der Waals surface area (Å²) in [6, 6.07) is 8.54. The minimum absolute atomic E-state index is 0.0226. The molecule has 1 aromatic carbocycles. The first kappa shape index (κ1) is 30.3. The Morgan fingerprint density at radius 1 is 1.08 bits per heavy atom. The Hall–Kier alpha value is -1.92. The number of allylic oxidation sites excluding steroid dienone is 1. The quantitative estimate of drug-likeness (QED) is 0.203. The van der Waals surface area contributed by atoms with Gasteiger partial charge in [-0.1, -0.05) is 57.2 Å². The topological polar surface area (TPSA) is 61.8 Å². The Bertz CT molecular complexity index is 936. The molecule has 1 aliphatic carbocycles. The average Bonchev–Trinajstić information content (AvgIpc) is 2.75. The lowest BCUT2D eigenvalue weighted by molar-refractivity contribution is -0.169. The van der Waals surface area contributed by atoms with Crippen LogP contribution < -0.4 is 0 Å². The second kappa shape index (κ2) is 11.2. The molecule has 0 radical (unpaired) electrons. The molecular formula is C30H48O5Si. The molecule has 0 amide bonds. The first-order valence-corrected chi connectivity index (χ1v) is 16.0. The predicted octanol–water partition coefficient (Wildman–Crippen LogP) is 7.56. The van der Waals surface area contributed by atoms with Gasteiger partial charge in [-0.15, -0.1) is 0 Å². The number of methoxy groups -OCH3 is 1. The van der Waals surface area contributed by atoms with E-state index in [0.29, 0.717) is 19.4 Å². The third-order valence-electron chi connectivity index (χ3n) is 8.00. The van der Waals surface area contributed by atoms with Gasteiger partial charge in [-0.25, -0.2) is 0 Å². The van der Waals surface area contributed by atoms with Gasteiger partial charge in [0.25, 0.3) is 0 Å². The van der Waals surface area contributed by atoms with Crippen LogP contribution in [-0.2, 0) is 30.1 Å². The monoisotopic (exact) mass is 516 g/mol. The van der Waals surface area contributed by atoms with Crippen molar-refractivity contribution in [1.82, 2.24) is 0 Å². The van der Waals surface area contributed by atoms with E-state index in [1.807, 2.05) is 20.8 Å². The van der Waals surface area contributed by atoms with Gasteiger partial charge in [-0.05, 0) is 88.1 Å². The lowest BCUT2D eigenvalue weighted by atomic mass is 9.60. The molecule has 0 heterocycles. The zero-order chi connectivity index (χ0) is 27.5. The molecule has 1 saturated carbocycles. The Kier molecular flexibility index (Phi) is 9.44. The number of hydrogen-bond donors (Lipinski definition) is 0. The van der Waals surface area contributed by atoms with Crippen LogP contribution in [0.15, 0.2) is 36.4 Å². The van der Waals surface area contributed by atoms with Crippen LogP contribution in [-0.4, -0.2) is 33.0 Å². The first-order chi connectivity index (χ1) is 16.4. The van der Waals surface area contributed by atoms with Crippen LogP contribution >= 0.6 is 0 Å². The van der Waals surface area contributed by atoms with Gasteiger partial charge in [0.05, 0.1) is 25.6 Å². The van der Waals surface area contributed by atoms with Gasteiger partial charge < -0.3 is 13.9 Å². The van der Waals surface area contributed by atoms with Crippen molar-refractivity contribution in [1.29, 1.82) is 0 Å². The van der Waals surface area contributed by atoms with Gasteiger partial charge >= 0.3 is 11.9 Å². The molecule has 0 aliphatic heterocycles. The summed E-state index contributed by atoms with van der Waals surface area (Å²) in [7, 11) is -0.436. The number of rotatable bonds is 8. The predicted molar refractivity (Wildman–Crippen MR) is 148 cm³/mol. The zero-order valence-corrected chi connectivity index (χ0v) is 25.2. The smallest absolute Gasteiger partial charge is 0.312 e. The van der Waals surface area contributed by atoms with E-state index in [1.165, 1.54) is 7.11 Å². The van der Waals surface area contributed by atoms with Gasteiger partial charge in [0.1, 0.15) is 5.60 Å². The third-order valence-corrected chi connectivity index (χ3v) is 12.5. The molecular weight excluding hydrogens is 468 g/mol. The largest absolute Gasteiger partial charge is 0.469 e. The number of benzene rings is 1. The summed E-state index contributed by atoms with van der Waals surface area (Å²) in [6.07, 6.45) is 1.89.